The molecule has 0 bridgehead atoms. The maximum absolute atomic E-state index is 12.5. The van der Waals surface area contributed by atoms with E-state index in [9.17, 15) is 4.79 Å². The highest BCUT2D eigenvalue weighted by molar-refractivity contribution is 5.93. The van der Waals surface area contributed by atoms with Crippen molar-refractivity contribution in [3.05, 3.63) is 54.2 Å². The standard InChI is InChI=1S/C18H22N2O2/c1-4-14(15-8-6-5-7-9-15)12-18(21)20(2)16-10-11-17(22-3)19-13-16/h5-11,13-14H,4,12H2,1-3H3. The van der Waals surface area contributed by atoms with Crippen LogP contribution < -0.4 is 9.64 Å². The molecule has 0 spiro atoms. The molecule has 1 amide bonds. The van der Waals surface area contributed by atoms with Gasteiger partial charge in [0.2, 0.25) is 11.8 Å². The summed E-state index contributed by atoms with van der Waals surface area (Å²) in [4.78, 5) is 18.3. The van der Waals surface area contributed by atoms with Gasteiger partial charge in [-0.25, -0.2) is 4.98 Å². The number of methoxy groups -OCH3 is 1. The van der Waals surface area contributed by atoms with E-state index in [-0.39, 0.29) is 11.8 Å². The molecular weight excluding hydrogens is 276 g/mol. The van der Waals surface area contributed by atoms with Crippen LogP contribution >= 0.6 is 0 Å². The van der Waals surface area contributed by atoms with Gasteiger partial charge in [0.1, 0.15) is 0 Å². The number of hydrogen-bond donors (Lipinski definition) is 0. The Bertz CT molecular complexity index is 596. The third-order valence-corrected chi connectivity index (χ3v) is 3.88. The van der Waals surface area contributed by atoms with Crippen LogP contribution in [0.4, 0.5) is 5.69 Å². The number of carbonyl (C=O) groups excluding carboxylic acids is 1. The number of pyridine rings is 1. The van der Waals surface area contributed by atoms with Crippen molar-refractivity contribution in [2.24, 2.45) is 0 Å². The van der Waals surface area contributed by atoms with Crippen LogP contribution in [0.15, 0.2) is 48.7 Å². The van der Waals surface area contributed by atoms with Crippen LogP contribution in [0, 0.1) is 0 Å². The second-order valence-corrected chi connectivity index (χ2v) is 5.23. The Balaban J connectivity index is 2.06. The normalized spacial score (nSPS) is 11.8. The van der Waals surface area contributed by atoms with E-state index in [0.29, 0.717) is 12.3 Å². The van der Waals surface area contributed by atoms with Crippen molar-refractivity contribution in [2.75, 3.05) is 19.1 Å². The highest BCUT2D eigenvalue weighted by atomic mass is 16.5. The summed E-state index contributed by atoms with van der Waals surface area (Å²) < 4.78 is 5.03. The molecular formula is C18H22N2O2. The van der Waals surface area contributed by atoms with E-state index in [4.69, 9.17) is 4.74 Å². The largest absolute Gasteiger partial charge is 0.481 e. The fourth-order valence-corrected chi connectivity index (χ4v) is 2.41. The van der Waals surface area contributed by atoms with Gasteiger partial charge in [-0.2, -0.15) is 0 Å². The Morgan fingerprint density at radius 1 is 1.23 bits per heavy atom. The lowest BCUT2D eigenvalue weighted by molar-refractivity contribution is -0.118. The Hall–Kier alpha value is -2.36. The van der Waals surface area contributed by atoms with Gasteiger partial charge in [0.15, 0.2) is 0 Å². The predicted molar refractivity (Wildman–Crippen MR) is 88.3 cm³/mol. The van der Waals surface area contributed by atoms with Gasteiger partial charge in [-0.3, -0.25) is 4.79 Å². The summed E-state index contributed by atoms with van der Waals surface area (Å²) in [5, 5.41) is 0. The number of ether oxygens (including phenoxy) is 1. The van der Waals surface area contributed by atoms with E-state index in [2.05, 4.69) is 24.0 Å². The monoisotopic (exact) mass is 298 g/mol. The number of aromatic nitrogens is 1. The molecule has 0 N–H and O–H groups in total. The molecule has 2 rings (SSSR count). The lowest BCUT2D eigenvalue weighted by atomic mass is 9.93. The van der Waals surface area contributed by atoms with Crippen molar-refractivity contribution in [1.82, 2.24) is 4.98 Å². The van der Waals surface area contributed by atoms with Crippen molar-refractivity contribution in [1.29, 1.82) is 0 Å². The minimum atomic E-state index is 0.0858. The molecule has 1 atom stereocenters. The molecule has 0 aliphatic rings. The van der Waals surface area contributed by atoms with Crippen molar-refractivity contribution in [3.63, 3.8) is 0 Å². The third kappa shape index (κ3) is 3.85. The Morgan fingerprint density at radius 3 is 2.50 bits per heavy atom. The quantitative estimate of drug-likeness (QED) is 0.817. The second kappa shape index (κ2) is 7.59. The first kappa shape index (κ1) is 16.0. The maximum Gasteiger partial charge on any atom is 0.227 e. The van der Waals surface area contributed by atoms with E-state index in [0.717, 1.165) is 12.1 Å². The SMILES string of the molecule is CCC(CC(=O)N(C)c1ccc(OC)nc1)c1ccccc1. The first-order valence-corrected chi connectivity index (χ1v) is 7.47. The van der Waals surface area contributed by atoms with Crippen molar-refractivity contribution < 1.29 is 9.53 Å². The van der Waals surface area contributed by atoms with Gasteiger partial charge in [-0.05, 0) is 24.0 Å². The summed E-state index contributed by atoms with van der Waals surface area (Å²) in [6.45, 7) is 2.11. The molecule has 1 heterocycles. The molecule has 0 saturated heterocycles. The summed E-state index contributed by atoms with van der Waals surface area (Å²) in [7, 11) is 3.35. The summed E-state index contributed by atoms with van der Waals surface area (Å²) in [6.07, 6.45) is 3.08. The lowest BCUT2D eigenvalue weighted by Gasteiger charge is -2.21. The number of amides is 1. The number of hydrogen-bond acceptors (Lipinski definition) is 3. The topological polar surface area (TPSA) is 42.4 Å². The zero-order valence-electron chi connectivity index (χ0n) is 13.3. The van der Waals surface area contributed by atoms with Gasteiger partial charge in [0.25, 0.3) is 0 Å². The molecule has 22 heavy (non-hydrogen) atoms. The van der Waals surface area contributed by atoms with E-state index in [1.807, 2.05) is 24.3 Å². The third-order valence-electron chi connectivity index (χ3n) is 3.88. The molecule has 1 aromatic heterocycles. The molecule has 0 aliphatic carbocycles. The van der Waals surface area contributed by atoms with Gasteiger partial charge >= 0.3 is 0 Å². The zero-order chi connectivity index (χ0) is 15.9. The maximum atomic E-state index is 12.5. The fourth-order valence-electron chi connectivity index (χ4n) is 2.41. The lowest BCUT2D eigenvalue weighted by Crippen LogP contribution is -2.27. The van der Waals surface area contributed by atoms with Crippen LogP contribution in [0.25, 0.3) is 0 Å². The van der Waals surface area contributed by atoms with Crippen LogP contribution in [-0.4, -0.2) is 25.0 Å². The molecule has 0 fully saturated rings. The highest BCUT2D eigenvalue weighted by Crippen LogP contribution is 2.25. The number of rotatable bonds is 6. The smallest absolute Gasteiger partial charge is 0.227 e. The van der Waals surface area contributed by atoms with Crippen molar-refractivity contribution in [2.45, 2.75) is 25.7 Å². The Kier molecular flexibility index (Phi) is 5.53. The highest BCUT2D eigenvalue weighted by Gasteiger charge is 2.18. The van der Waals surface area contributed by atoms with Crippen LogP contribution in [0.3, 0.4) is 0 Å². The first-order valence-electron chi connectivity index (χ1n) is 7.47. The average Bonchev–Trinajstić information content (AvgIpc) is 2.59. The molecule has 0 radical (unpaired) electrons. The minimum Gasteiger partial charge on any atom is -0.481 e. The summed E-state index contributed by atoms with van der Waals surface area (Å²) >= 11 is 0. The Morgan fingerprint density at radius 2 is 1.95 bits per heavy atom. The van der Waals surface area contributed by atoms with E-state index < -0.39 is 0 Å². The fraction of sp³-hybridized carbons (Fsp3) is 0.333. The van der Waals surface area contributed by atoms with E-state index >= 15 is 0 Å². The van der Waals surface area contributed by atoms with E-state index in [1.165, 1.54) is 5.56 Å². The number of benzene rings is 1. The van der Waals surface area contributed by atoms with Crippen LogP contribution in [0.2, 0.25) is 0 Å². The van der Waals surface area contributed by atoms with Crippen molar-refractivity contribution in [3.8, 4) is 5.88 Å². The molecule has 4 nitrogen and oxygen atoms in total. The molecule has 1 aromatic carbocycles. The molecule has 0 saturated carbocycles. The molecule has 116 valence electrons. The summed E-state index contributed by atoms with van der Waals surface area (Å²) in [6, 6.07) is 13.8. The van der Waals surface area contributed by atoms with Gasteiger partial charge in [0, 0.05) is 19.5 Å². The average molecular weight is 298 g/mol. The minimum absolute atomic E-state index is 0.0858. The second-order valence-electron chi connectivity index (χ2n) is 5.23. The van der Waals surface area contributed by atoms with Gasteiger partial charge < -0.3 is 9.64 Å². The predicted octanol–water partition coefficient (Wildman–Crippen LogP) is 3.64. The number of carbonyl (C=O) groups is 1. The summed E-state index contributed by atoms with van der Waals surface area (Å²) in [5.74, 6) is 0.866. The first-order chi connectivity index (χ1) is 10.7. The Labute approximate surface area is 131 Å². The molecule has 1 unspecified atom stereocenters. The molecule has 0 aliphatic heterocycles. The van der Waals surface area contributed by atoms with Crippen LogP contribution in [0.1, 0.15) is 31.2 Å². The van der Waals surface area contributed by atoms with Gasteiger partial charge in [0.05, 0.1) is 19.0 Å². The van der Waals surface area contributed by atoms with Crippen LogP contribution in [0.5, 0.6) is 5.88 Å². The van der Waals surface area contributed by atoms with Crippen LogP contribution in [-0.2, 0) is 4.79 Å². The molecule has 2 aromatic rings. The number of anilines is 1. The molecule has 4 heteroatoms. The van der Waals surface area contributed by atoms with E-state index in [1.54, 1.807) is 31.3 Å². The van der Waals surface area contributed by atoms with Crippen molar-refractivity contribution >= 4 is 11.6 Å². The summed E-state index contributed by atoms with van der Waals surface area (Å²) in [5.41, 5.74) is 1.98. The van der Waals surface area contributed by atoms with Gasteiger partial charge in [-0.15, -0.1) is 0 Å². The number of nitrogens with zero attached hydrogens (tertiary/aromatic N) is 2. The zero-order valence-corrected chi connectivity index (χ0v) is 13.3. The van der Waals surface area contributed by atoms with Gasteiger partial charge in [-0.1, -0.05) is 37.3 Å².